The largest absolute Gasteiger partial charge is 0.497 e. The Bertz CT molecular complexity index is 901. The minimum atomic E-state index is -0.0710. The van der Waals surface area contributed by atoms with Crippen LogP contribution in [0.4, 0.5) is 10.5 Å². The van der Waals surface area contributed by atoms with E-state index in [9.17, 15) is 4.79 Å². The van der Waals surface area contributed by atoms with Crippen LogP contribution in [-0.2, 0) is 13.0 Å². The van der Waals surface area contributed by atoms with Crippen LogP contribution in [0, 0.1) is 0 Å². The summed E-state index contributed by atoms with van der Waals surface area (Å²) >= 11 is 0. The Morgan fingerprint density at radius 3 is 2.96 bits per heavy atom. The smallest absolute Gasteiger partial charge is 0.322 e. The second-order valence-electron chi connectivity index (χ2n) is 6.02. The van der Waals surface area contributed by atoms with Crippen LogP contribution in [0.25, 0.3) is 10.9 Å². The van der Waals surface area contributed by atoms with Crippen LogP contribution in [-0.4, -0.2) is 29.6 Å². The van der Waals surface area contributed by atoms with Crippen molar-refractivity contribution in [1.29, 1.82) is 0 Å². The maximum absolute atomic E-state index is 12.6. The summed E-state index contributed by atoms with van der Waals surface area (Å²) in [6.45, 7) is 1.32. The molecule has 0 saturated heterocycles. The number of urea groups is 1. The van der Waals surface area contributed by atoms with Gasteiger partial charge in [-0.15, -0.1) is 0 Å². The molecule has 0 unspecified atom stereocenters. The summed E-state index contributed by atoms with van der Waals surface area (Å²) in [6, 6.07) is 13.9. The summed E-state index contributed by atoms with van der Waals surface area (Å²) in [5, 5.41) is 4.08. The van der Waals surface area contributed by atoms with Crippen LogP contribution >= 0.6 is 0 Å². The van der Waals surface area contributed by atoms with Gasteiger partial charge in [-0.2, -0.15) is 0 Å². The maximum atomic E-state index is 12.6. The van der Waals surface area contributed by atoms with Gasteiger partial charge in [0.05, 0.1) is 7.11 Å². The molecule has 0 fully saturated rings. The number of benzene rings is 2. The molecule has 5 nitrogen and oxygen atoms in total. The Morgan fingerprint density at radius 2 is 2.08 bits per heavy atom. The van der Waals surface area contributed by atoms with E-state index >= 15 is 0 Å². The van der Waals surface area contributed by atoms with Gasteiger partial charge >= 0.3 is 6.03 Å². The molecule has 2 aromatic carbocycles. The van der Waals surface area contributed by atoms with E-state index in [0.29, 0.717) is 6.54 Å². The van der Waals surface area contributed by atoms with Crippen molar-refractivity contribution in [2.75, 3.05) is 19.0 Å². The van der Waals surface area contributed by atoms with Crippen molar-refractivity contribution < 1.29 is 9.53 Å². The molecule has 3 aromatic rings. The quantitative estimate of drug-likeness (QED) is 0.755. The molecule has 0 radical (unpaired) electrons. The summed E-state index contributed by atoms with van der Waals surface area (Å²) in [6.07, 6.45) is 2.76. The molecule has 1 aliphatic rings. The average molecular weight is 321 g/mol. The van der Waals surface area contributed by atoms with Crippen LogP contribution in [0.2, 0.25) is 0 Å². The molecule has 2 amide bonds. The average Bonchev–Trinajstić information content (AvgIpc) is 3.08. The predicted octanol–water partition coefficient (Wildman–Crippen LogP) is 3.77. The SMILES string of the molecule is COc1ccc2c(c1)CN(C(=O)Nc1ccc3[nH]ccc3c1)CC2. The number of hydrogen-bond donors (Lipinski definition) is 2. The van der Waals surface area contributed by atoms with Crippen LogP contribution < -0.4 is 10.1 Å². The monoisotopic (exact) mass is 321 g/mol. The van der Waals surface area contributed by atoms with Gasteiger partial charge in [-0.05, 0) is 53.9 Å². The lowest BCUT2D eigenvalue weighted by atomic mass is 10.00. The Kier molecular flexibility index (Phi) is 3.61. The zero-order chi connectivity index (χ0) is 16.5. The highest BCUT2D eigenvalue weighted by Gasteiger charge is 2.21. The first-order valence-electron chi connectivity index (χ1n) is 8.02. The van der Waals surface area contributed by atoms with E-state index in [-0.39, 0.29) is 6.03 Å². The molecule has 0 aliphatic carbocycles. The predicted molar refractivity (Wildman–Crippen MR) is 94.4 cm³/mol. The minimum absolute atomic E-state index is 0.0710. The maximum Gasteiger partial charge on any atom is 0.322 e. The molecule has 24 heavy (non-hydrogen) atoms. The van der Waals surface area contributed by atoms with Gasteiger partial charge in [-0.1, -0.05) is 6.07 Å². The molecule has 1 aromatic heterocycles. The fourth-order valence-corrected chi connectivity index (χ4v) is 3.17. The van der Waals surface area contributed by atoms with Crippen molar-refractivity contribution in [1.82, 2.24) is 9.88 Å². The molecule has 0 atom stereocenters. The highest BCUT2D eigenvalue weighted by molar-refractivity contribution is 5.92. The van der Waals surface area contributed by atoms with E-state index in [2.05, 4.69) is 16.4 Å². The van der Waals surface area contributed by atoms with E-state index in [1.807, 2.05) is 47.5 Å². The van der Waals surface area contributed by atoms with Gasteiger partial charge in [0.1, 0.15) is 5.75 Å². The summed E-state index contributed by atoms with van der Waals surface area (Å²) < 4.78 is 5.28. The number of aromatic amines is 1. The second kappa shape index (κ2) is 5.92. The molecule has 1 aliphatic heterocycles. The van der Waals surface area contributed by atoms with Crippen LogP contribution in [0.1, 0.15) is 11.1 Å². The number of carbonyl (C=O) groups is 1. The number of anilines is 1. The summed E-state index contributed by atoms with van der Waals surface area (Å²) in [5.41, 5.74) is 4.31. The highest BCUT2D eigenvalue weighted by atomic mass is 16.5. The number of rotatable bonds is 2. The van der Waals surface area contributed by atoms with Gasteiger partial charge in [0.15, 0.2) is 0 Å². The molecule has 0 bridgehead atoms. The Balaban J connectivity index is 1.50. The number of aromatic nitrogens is 1. The molecule has 5 heteroatoms. The summed E-state index contributed by atoms with van der Waals surface area (Å²) in [7, 11) is 1.66. The zero-order valence-electron chi connectivity index (χ0n) is 13.5. The zero-order valence-corrected chi connectivity index (χ0v) is 13.5. The lowest BCUT2D eigenvalue weighted by Gasteiger charge is -2.29. The molecule has 0 spiro atoms. The number of methoxy groups -OCH3 is 1. The third kappa shape index (κ3) is 2.69. The molecule has 4 rings (SSSR count). The fraction of sp³-hybridized carbons (Fsp3) is 0.211. The van der Waals surface area contributed by atoms with Crippen LogP contribution in [0.5, 0.6) is 5.75 Å². The van der Waals surface area contributed by atoms with Gasteiger partial charge < -0.3 is 19.9 Å². The Labute approximate surface area is 140 Å². The number of nitrogens with one attached hydrogen (secondary N) is 2. The number of amides is 2. The van der Waals surface area contributed by atoms with Gasteiger partial charge in [-0.3, -0.25) is 0 Å². The number of fused-ring (bicyclic) bond motifs is 2. The van der Waals surface area contributed by atoms with Crippen LogP contribution in [0.15, 0.2) is 48.7 Å². The normalized spacial score (nSPS) is 13.6. The lowest BCUT2D eigenvalue weighted by Crippen LogP contribution is -2.38. The van der Waals surface area contributed by atoms with Crippen molar-refractivity contribution in [2.45, 2.75) is 13.0 Å². The van der Waals surface area contributed by atoms with Crippen molar-refractivity contribution >= 4 is 22.6 Å². The standard InChI is InChI=1S/C19H19N3O2/c1-24-17-4-2-13-7-9-22(12-15(13)11-17)19(23)21-16-3-5-18-14(10-16)6-8-20-18/h2-6,8,10-11,20H,7,9,12H2,1H3,(H,21,23). The van der Waals surface area contributed by atoms with E-state index in [0.717, 1.165) is 40.9 Å². The second-order valence-corrected chi connectivity index (χ2v) is 6.02. The first-order chi connectivity index (χ1) is 11.7. The van der Waals surface area contributed by atoms with Crippen LogP contribution in [0.3, 0.4) is 0 Å². The van der Waals surface area contributed by atoms with Gasteiger partial charge in [0, 0.05) is 35.9 Å². The van der Waals surface area contributed by atoms with E-state index in [1.54, 1.807) is 7.11 Å². The van der Waals surface area contributed by atoms with Crippen molar-refractivity contribution in [2.24, 2.45) is 0 Å². The van der Waals surface area contributed by atoms with Crippen molar-refractivity contribution in [3.8, 4) is 5.75 Å². The fourth-order valence-electron chi connectivity index (χ4n) is 3.17. The first kappa shape index (κ1) is 14.6. The molecule has 2 N–H and O–H groups in total. The van der Waals surface area contributed by atoms with E-state index in [4.69, 9.17) is 4.74 Å². The topological polar surface area (TPSA) is 57.4 Å². The van der Waals surface area contributed by atoms with Gasteiger partial charge in [0.25, 0.3) is 0 Å². The van der Waals surface area contributed by atoms with E-state index < -0.39 is 0 Å². The Morgan fingerprint density at radius 1 is 1.17 bits per heavy atom. The molecular weight excluding hydrogens is 302 g/mol. The highest BCUT2D eigenvalue weighted by Crippen LogP contribution is 2.24. The number of carbonyl (C=O) groups excluding carboxylic acids is 1. The number of hydrogen-bond acceptors (Lipinski definition) is 2. The van der Waals surface area contributed by atoms with Crippen molar-refractivity contribution in [3.05, 3.63) is 59.8 Å². The number of H-pyrrole nitrogens is 1. The molecule has 122 valence electrons. The summed E-state index contributed by atoms with van der Waals surface area (Å²) in [4.78, 5) is 17.6. The molecule has 0 saturated carbocycles. The first-order valence-corrected chi connectivity index (χ1v) is 8.02. The van der Waals surface area contributed by atoms with Crippen molar-refractivity contribution in [3.63, 3.8) is 0 Å². The third-order valence-corrected chi connectivity index (χ3v) is 4.52. The Hall–Kier alpha value is -2.95. The summed E-state index contributed by atoms with van der Waals surface area (Å²) in [5.74, 6) is 0.828. The number of ether oxygens (including phenoxy) is 1. The lowest BCUT2D eigenvalue weighted by molar-refractivity contribution is 0.206. The third-order valence-electron chi connectivity index (χ3n) is 4.52. The van der Waals surface area contributed by atoms with Gasteiger partial charge in [0.2, 0.25) is 0 Å². The van der Waals surface area contributed by atoms with E-state index in [1.165, 1.54) is 5.56 Å². The molecule has 2 heterocycles. The number of nitrogens with zero attached hydrogens (tertiary/aromatic N) is 1. The molecular formula is C19H19N3O2. The minimum Gasteiger partial charge on any atom is -0.497 e. The van der Waals surface area contributed by atoms with Gasteiger partial charge in [-0.25, -0.2) is 4.79 Å².